The summed E-state index contributed by atoms with van der Waals surface area (Å²) in [4.78, 5) is 25.4. The van der Waals surface area contributed by atoms with E-state index in [0.29, 0.717) is 23.6 Å². The Hall–Kier alpha value is -4.00. The molecule has 1 atom stereocenters. The molecule has 0 saturated carbocycles. The molecule has 0 aromatic heterocycles. The SMILES string of the molecule is COc1ccc(NC(=O)[C@H](Cc2ccccc2)NC(=O)OCc2ccccc2)cc1OC. The van der Waals surface area contributed by atoms with Crippen molar-refractivity contribution in [2.45, 2.75) is 19.1 Å². The van der Waals surface area contributed by atoms with Gasteiger partial charge in [0.25, 0.3) is 0 Å². The van der Waals surface area contributed by atoms with Crippen LogP contribution in [0.4, 0.5) is 10.5 Å². The first kappa shape index (κ1) is 22.7. The summed E-state index contributed by atoms with van der Waals surface area (Å²) in [6.45, 7) is 0.113. The van der Waals surface area contributed by atoms with E-state index in [2.05, 4.69) is 10.6 Å². The van der Waals surface area contributed by atoms with Crippen LogP contribution >= 0.6 is 0 Å². The van der Waals surface area contributed by atoms with Gasteiger partial charge in [0, 0.05) is 18.2 Å². The van der Waals surface area contributed by atoms with E-state index < -0.39 is 12.1 Å². The van der Waals surface area contributed by atoms with Crippen LogP contribution in [0.15, 0.2) is 78.9 Å². The quantitative estimate of drug-likeness (QED) is 0.528. The normalized spacial score (nSPS) is 11.2. The number of methoxy groups -OCH3 is 2. The summed E-state index contributed by atoms with van der Waals surface area (Å²) in [7, 11) is 3.06. The Kier molecular flexibility index (Phi) is 8.09. The Morgan fingerprint density at radius 1 is 0.812 bits per heavy atom. The molecule has 2 N–H and O–H groups in total. The highest BCUT2D eigenvalue weighted by Gasteiger charge is 2.22. The summed E-state index contributed by atoms with van der Waals surface area (Å²) in [6.07, 6.45) is -0.363. The minimum absolute atomic E-state index is 0.113. The highest BCUT2D eigenvalue weighted by Crippen LogP contribution is 2.29. The third-order valence-electron chi connectivity index (χ3n) is 4.76. The zero-order valence-corrected chi connectivity index (χ0v) is 18.0. The molecule has 0 aliphatic rings. The number of carbonyl (C=O) groups excluding carboxylic acids is 2. The van der Waals surface area contributed by atoms with Crippen LogP contribution in [-0.2, 0) is 22.6 Å². The molecule has 0 radical (unpaired) electrons. The second kappa shape index (κ2) is 11.4. The molecule has 0 bridgehead atoms. The highest BCUT2D eigenvalue weighted by atomic mass is 16.5. The van der Waals surface area contributed by atoms with E-state index in [1.165, 1.54) is 14.2 Å². The van der Waals surface area contributed by atoms with Crippen LogP contribution in [0.25, 0.3) is 0 Å². The van der Waals surface area contributed by atoms with Gasteiger partial charge in [0.15, 0.2) is 11.5 Å². The van der Waals surface area contributed by atoms with Crippen molar-refractivity contribution in [2.75, 3.05) is 19.5 Å². The lowest BCUT2D eigenvalue weighted by Gasteiger charge is -2.19. The summed E-state index contributed by atoms with van der Waals surface area (Å²) >= 11 is 0. The van der Waals surface area contributed by atoms with Crippen molar-refractivity contribution in [1.29, 1.82) is 0 Å². The van der Waals surface area contributed by atoms with E-state index in [1.54, 1.807) is 18.2 Å². The van der Waals surface area contributed by atoms with Crippen molar-refractivity contribution in [1.82, 2.24) is 5.32 Å². The third-order valence-corrected chi connectivity index (χ3v) is 4.76. The summed E-state index contributed by atoms with van der Waals surface area (Å²) in [6, 6.07) is 23.0. The first-order valence-corrected chi connectivity index (χ1v) is 10.1. The number of hydrogen-bond donors (Lipinski definition) is 2. The number of alkyl carbamates (subject to hydrolysis) is 1. The minimum Gasteiger partial charge on any atom is -0.493 e. The molecule has 2 amide bonds. The van der Waals surface area contributed by atoms with Crippen molar-refractivity contribution in [3.63, 3.8) is 0 Å². The van der Waals surface area contributed by atoms with Gasteiger partial charge in [-0.3, -0.25) is 4.79 Å². The van der Waals surface area contributed by atoms with Crippen molar-refractivity contribution in [3.8, 4) is 11.5 Å². The van der Waals surface area contributed by atoms with Gasteiger partial charge in [0.05, 0.1) is 14.2 Å². The van der Waals surface area contributed by atoms with Crippen LogP contribution in [-0.4, -0.2) is 32.3 Å². The second-order valence-electron chi connectivity index (χ2n) is 7.01. The first-order valence-electron chi connectivity index (χ1n) is 10.1. The standard InChI is InChI=1S/C25H26N2O5/c1-30-22-14-13-20(16-23(22)31-2)26-24(28)21(15-18-9-5-3-6-10-18)27-25(29)32-17-19-11-7-4-8-12-19/h3-14,16,21H,15,17H2,1-2H3,(H,26,28)(H,27,29)/t21-/m0/s1. The van der Waals surface area contributed by atoms with E-state index in [9.17, 15) is 9.59 Å². The van der Waals surface area contributed by atoms with Gasteiger partial charge in [-0.1, -0.05) is 60.7 Å². The zero-order chi connectivity index (χ0) is 22.8. The van der Waals surface area contributed by atoms with Crippen LogP contribution in [0.1, 0.15) is 11.1 Å². The Morgan fingerprint density at radius 2 is 1.44 bits per heavy atom. The topological polar surface area (TPSA) is 85.9 Å². The highest BCUT2D eigenvalue weighted by molar-refractivity contribution is 5.97. The van der Waals surface area contributed by atoms with Crippen LogP contribution in [0, 0.1) is 0 Å². The van der Waals surface area contributed by atoms with Crippen LogP contribution in [0.2, 0.25) is 0 Å². The molecular formula is C25H26N2O5. The van der Waals surface area contributed by atoms with E-state index in [0.717, 1.165) is 11.1 Å². The van der Waals surface area contributed by atoms with Gasteiger partial charge in [-0.25, -0.2) is 4.79 Å². The summed E-state index contributed by atoms with van der Waals surface area (Å²) in [5, 5.41) is 5.50. The Balaban J connectivity index is 1.70. The lowest BCUT2D eigenvalue weighted by atomic mass is 10.1. The van der Waals surface area contributed by atoms with E-state index >= 15 is 0 Å². The number of hydrogen-bond acceptors (Lipinski definition) is 5. The van der Waals surface area contributed by atoms with Crippen molar-refractivity contribution >= 4 is 17.7 Å². The predicted octanol–water partition coefficient (Wildman–Crippen LogP) is 4.18. The van der Waals surface area contributed by atoms with Gasteiger partial charge in [-0.2, -0.15) is 0 Å². The number of amides is 2. The number of carbonyl (C=O) groups is 2. The molecule has 0 spiro atoms. The van der Waals surface area contributed by atoms with Crippen molar-refractivity contribution in [3.05, 3.63) is 90.0 Å². The van der Waals surface area contributed by atoms with Crippen LogP contribution < -0.4 is 20.1 Å². The van der Waals surface area contributed by atoms with Crippen molar-refractivity contribution < 1.29 is 23.8 Å². The largest absolute Gasteiger partial charge is 0.493 e. The van der Waals surface area contributed by atoms with Crippen LogP contribution in [0.3, 0.4) is 0 Å². The fraction of sp³-hybridized carbons (Fsp3) is 0.200. The minimum atomic E-state index is -0.839. The molecule has 3 aromatic carbocycles. The van der Waals surface area contributed by atoms with Gasteiger partial charge in [-0.05, 0) is 23.3 Å². The summed E-state index contributed by atoms with van der Waals surface area (Å²) < 4.78 is 15.8. The maximum atomic E-state index is 13.0. The summed E-state index contributed by atoms with van der Waals surface area (Å²) in [5.74, 6) is 0.659. The molecule has 0 saturated heterocycles. The zero-order valence-electron chi connectivity index (χ0n) is 18.0. The average Bonchev–Trinajstić information content (AvgIpc) is 2.83. The molecular weight excluding hydrogens is 408 g/mol. The summed E-state index contributed by atoms with van der Waals surface area (Å²) in [5.41, 5.74) is 2.28. The van der Waals surface area contributed by atoms with Crippen LogP contribution in [0.5, 0.6) is 11.5 Å². The maximum absolute atomic E-state index is 13.0. The van der Waals surface area contributed by atoms with E-state index in [1.807, 2.05) is 60.7 Å². The van der Waals surface area contributed by atoms with Gasteiger partial charge in [0.2, 0.25) is 5.91 Å². The molecule has 7 heteroatoms. The van der Waals surface area contributed by atoms with Gasteiger partial charge < -0.3 is 24.8 Å². The predicted molar refractivity (Wildman–Crippen MR) is 122 cm³/mol. The Labute approximate surface area is 187 Å². The molecule has 3 rings (SSSR count). The Bertz CT molecular complexity index is 1030. The molecule has 7 nitrogen and oxygen atoms in total. The Morgan fingerprint density at radius 3 is 2.06 bits per heavy atom. The molecule has 0 unspecified atom stereocenters. The number of ether oxygens (including phenoxy) is 3. The molecule has 0 heterocycles. The number of nitrogens with one attached hydrogen (secondary N) is 2. The monoisotopic (exact) mass is 434 g/mol. The first-order chi connectivity index (χ1) is 15.6. The smallest absolute Gasteiger partial charge is 0.408 e. The number of rotatable bonds is 9. The fourth-order valence-electron chi connectivity index (χ4n) is 3.11. The lowest BCUT2D eigenvalue weighted by Crippen LogP contribution is -2.45. The molecule has 32 heavy (non-hydrogen) atoms. The number of benzene rings is 3. The maximum Gasteiger partial charge on any atom is 0.408 e. The van der Waals surface area contributed by atoms with Gasteiger partial charge in [0.1, 0.15) is 12.6 Å². The fourth-order valence-corrected chi connectivity index (χ4v) is 3.11. The molecule has 0 fully saturated rings. The van der Waals surface area contributed by atoms with Crippen molar-refractivity contribution in [2.24, 2.45) is 0 Å². The van der Waals surface area contributed by atoms with Gasteiger partial charge in [-0.15, -0.1) is 0 Å². The van der Waals surface area contributed by atoms with Gasteiger partial charge >= 0.3 is 6.09 Å². The lowest BCUT2D eigenvalue weighted by molar-refractivity contribution is -0.118. The molecule has 3 aromatic rings. The number of anilines is 1. The molecule has 0 aliphatic heterocycles. The van der Waals surface area contributed by atoms with E-state index in [-0.39, 0.29) is 12.5 Å². The average molecular weight is 434 g/mol. The second-order valence-corrected chi connectivity index (χ2v) is 7.01. The molecule has 0 aliphatic carbocycles. The third kappa shape index (κ3) is 6.50. The molecule has 166 valence electrons. The van der Waals surface area contributed by atoms with E-state index in [4.69, 9.17) is 14.2 Å².